The first kappa shape index (κ1) is 18.8. The normalized spacial score (nSPS) is 18.2. The molecule has 2 heterocycles. The first-order valence-electron chi connectivity index (χ1n) is 8.61. The van der Waals surface area contributed by atoms with E-state index in [9.17, 15) is 0 Å². The van der Waals surface area contributed by atoms with Crippen LogP contribution >= 0.6 is 48.0 Å². The van der Waals surface area contributed by atoms with Crippen molar-refractivity contribution in [2.45, 2.75) is 51.4 Å². The molecule has 0 amide bonds. The van der Waals surface area contributed by atoms with Gasteiger partial charge in [0.15, 0.2) is 0 Å². The molecule has 0 unspecified atom stereocenters. The van der Waals surface area contributed by atoms with Crippen molar-refractivity contribution in [3.05, 3.63) is 0 Å². The van der Waals surface area contributed by atoms with Gasteiger partial charge in [-0.15, -0.1) is 0 Å². The van der Waals surface area contributed by atoms with Gasteiger partial charge in [-0.1, -0.05) is 60.8 Å². The first-order chi connectivity index (χ1) is 10.8. The van der Waals surface area contributed by atoms with Crippen LogP contribution in [-0.2, 0) is 0 Å². The Morgan fingerprint density at radius 2 is 1.00 bits per heavy atom. The third kappa shape index (κ3) is 6.93. The molecule has 0 aliphatic carbocycles. The number of likely N-dealkylation sites (tertiary alicyclic amines) is 2. The summed E-state index contributed by atoms with van der Waals surface area (Å²) in [5, 5.41) is 0. The van der Waals surface area contributed by atoms with E-state index in [1.165, 1.54) is 89.1 Å². The number of unbranched alkanes of at least 4 members (excludes halogenated alkanes) is 3. The summed E-state index contributed by atoms with van der Waals surface area (Å²) in [7, 11) is 0. The smallest absolute Gasteiger partial charge is 0.136 e. The lowest BCUT2D eigenvalue weighted by Crippen LogP contribution is -2.23. The molecule has 0 aromatic rings. The molecule has 0 aromatic carbocycles. The van der Waals surface area contributed by atoms with E-state index in [-0.39, 0.29) is 0 Å². The number of hydrogen-bond acceptors (Lipinski definition) is 4. The van der Waals surface area contributed by atoms with Crippen LogP contribution in [0.5, 0.6) is 0 Å². The van der Waals surface area contributed by atoms with Crippen molar-refractivity contribution in [1.29, 1.82) is 0 Å². The fourth-order valence-corrected chi connectivity index (χ4v) is 5.50. The molecule has 2 nitrogen and oxygen atoms in total. The van der Waals surface area contributed by atoms with Gasteiger partial charge in [0.1, 0.15) is 8.64 Å². The zero-order chi connectivity index (χ0) is 15.6. The summed E-state index contributed by atoms with van der Waals surface area (Å²) < 4.78 is 2.26. The lowest BCUT2D eigenvalue weighted by Gasteiger charge is -2.17. The molecule has 0 aromatic heterocycles. The molecule has 0 bridgehead atoms. The Morgan fingerprint density at radius 1 is 0.636 bits per heavy atom. The van der Waals surface area contributed by atoms with Crippen molar-refractivity contribution in [3.63, 3.8) is 0 Å². The van der Waals surface area contributed by atoms with Crippen LogP contribution in [0, 0.1) is 0 Å². The van der Waals surface area contributed by atoms with Crippen LogP contribution in [0.1, 0.15) is 51.4 Å². The van der Waals surface area contributed by atoms with E-state index in [1.807, 2.05) is 23.5 Å². The van der Waals surface area contributed by atoms with Crippen LogP contribution in [0.3, 0.4) is 0 Å². The Labute approximate surface area is 155 Å². The highest BCUT2D eigenvalue weighted by Gasteiger charge is 2.15. The third-order valence-electron chi connectivity index (χ3n) is 4.22. The average Bonchev–Trinajstić information content (AvgIpc) is 3.22. The van der Waals surface area contributed by atoms with Gasteiger partial charge < -0.3 is 9.80 Å². The minimum Gasteiger partial charge on any atom is -0.358 e. The van der Waals surface area contributed by atoms with Crippen LogP contribution in [0.2, 0.25) is 0 Å². The molecule has 2 fully saturated rings. The molecule has 22 heavy (non-hydrogen) atoms. The number of hydrogen-bond donors (Lipinski definition) is 0. The molecule has 0 N–H and O–H groups in total. The maximum atomic E-state index is 5.48. The van der Waals surface area contributed by atoms with Crippen molar-refractivity contribution in [2.24, 2.45) is 0 Å². The van der Waals surface area contributed by atoms with Gasteiger partial charge in [-0.2, -0.15) is 0 Å². The summed E-state index contributed by atoms with van der Waals surface area (Å²) in [5.74, 6) is 2.38. The SMILES string of the molecule is S=C(SCCCCCCSC(=S)N1CCCC1)N1CCCC1. The van der Waals surface area contributed by atoms with E-state index < -0.39 is 0 Å². The maximum absolute atomic E-state index is 5.48. The van der Waals surface area contributed by atoms with E-state index in [1.54, 1.807) is 0 Å². The van der Waals surface area contributed by atoms with Crippen molar-refractivity contribution >= 4 is 56.6 Å². The van der Waals surface area contributed by atoms with Gasteiger partial charge in [0.2, 0.25) is 0 Å². The predicted octanol–water partition coefficient (Wildman–Crippen LogP) is 4.77. The highest BCUT2D eigenvalue weighted by atomic mass is 32.2. The molecule has 126 valence electrons. The van der Waals surface area contributed by atoms with Crippen LogP contribution in [-0.4, -0.2) is 56.1 Å². The molecule has 2 aliphatic heterocycles. The van der Waals surface area contributed by atoms with Gasteiger partial charge in [-0.3, -0.25) is 0 Å². The average molecular weight is 377 g/mol. The summed E-state index contributed by atoms with van der Waals surface area (Å²) in [5.41, 5.74) is 0. The standard InChI is InChI=1S/C16H28N2S4/c19-15(17-9-3-4-10-17)21-13-7-1-2-8-14-22-16(20)18-11-5-6-12-18/h1-14H2. The molecular formula is C16H28N2S4. The number of thioether (sulfide) groups is 2. The second-order valence-electron chi connectivity index (χ2n) is 6.03. The van der Waals surface area contributed by atoms with Crippen LogP contribution in [0.25, 0.3) is 0 Å². The Kier molecular flexibility index (Phi) is 9.50. The summed E-state index contributed by atoms with van der Waals surface area (Å²) >= 11 is 14.7. The monoisotopic (exact) mass is 376 g/mol. The first-order valence-corrected chi connectivity index (χ1v) is 11.4. The van der Waals surface area contributed by atoms with Gasteiger partial charge in [0.25, 0.3) is 0 Å². The lowest BCUT2D eigenvalue weighted by molar-refractivity contribution is 0.539. The number of nitrogens with zero attached hydrogens (tertiary/aromatic N) is 2. The zero-order valence-electron chi connectivity index (χ0n) is 13.4. The van der Waals surface area contributed by atoms with Crippen LogP contribution in [0.4, 0.5) is 0 Å². The Hall–Kier alpha value is 0.480. The Morgan fingerprint density at radius 3 is 1.36 bits per heavy atom. The fourth-order valence-electron chi connectivity index (χ4n) is 2.86. The lowest BCUT2D eigenvalue weighted by atomic mass is 10.2. The highest BCUT2D eigenvalue weighted by Crippen LogP contribution is 2.19. The third-order valence-corrected chi connectivity index (χ3v) is 7.44. The second kappa shape index (κ2) is 11.1. The molecule has 6 heteroatoms. The summed E-state index contributed by atoms with van der Waals surface area (Å²) in [6.07, 6.45) is 10.5. The molecule has 2 saturated heterocycles. The molecule has 0 saturated carbocycles. The Bertz CT molecular complexity index is 316. The van der Waals surface area contributed by atoms with Crippen molar-refractivity contribution < 1.29 is 0 Å². The highest BCUT2D eigenvalue weighted by molar-refractivity contribution is 8.23. The van der Waals surface area contributed by atoms with Crippen LogP contribution in [0.15, 0.2) is 0 Å². The van der Waals surface area contributed by atoms with Gasteiger partial charge >= 0.3 is 0 Å². The van der Waals surface area contributed by atoms with E-state index in [4.69, 9.17) is 24.4 Å². The largest absolute Gasteiger partial charge is 0.358 e. The van der Waals surface area contributed by atoms with Gasteiger partial charge in [-0.25, -0.2) is 0 Å². The predicted molar refractivity (Wildman–Crippen MR) is 110 cm³/mol. The van der Waals surface area contributed by atoms with Gasteiger partial charge in [0, 0.05) is 37.7 Å². The number of thiocarbonyl (C=S) groups is 2. The molecular weight excluding hydrogens is 348 g/mol. The molecule has 0 radical (unpaired) electrons. The molecule has 2 aliphatic rings. The quantitative estimate of drug-likeness (QED) is 0.463. The van der Waals surface area contributed by atoms with E-state index in [0.717, 1.165) is 8.64 Å². The summed E-state index contributed by atoms with van der Waals surface area (Å²) in [4.78, 5) is 4.74. The van der Waals surface area contributed by atoms with Crippen LogP contribution < -0.4 is 0 Å². The fraction of sp³-hybridized carbons (Fsp3) is 0.875. The van der Waals surface area contributed by atoms with Crippen molar-refractivity contribution in [3.8, 4) is 0 Å². The van der Waals surface area contributed by atoms with Crippen molar-refractivity contribution in [2.75, 3.05) is 37.7 Å². The molecule has 0 spiro atoms. The number of rotatable bonds is 7. The minimum absolute atomic E-state index is 1.13. The van der Waals surface area contributed by atoms with Gasteiger partial charge in [-0.05, 0) is 38.5 Å². The van der Waals surface area contributed by atoms with E-state index >= 15 is 0 Å². The van der Waals surface area contributed by atoms with E-state index in [0.29, 0.717) is 0 Å². The summed E-state index contributed by atoms with van der Waals surface area (Å²) in [6.45, 7) is 4.72. The van der Waals surface area contributed by atoms with Crippen molar-refractivity contribution in [1.82, 2.24) is 9.80 Å². The zero-order valence-corrected chi connectivity index (χ0v) is 16.7. The van der Waals surface area contributed by atoms with E-state index in [2.05, 4.69) is 9.80 Å². The second-order valence-corrected chi connectivity index (χ2v) is 9.49. The summed E-state index contributed by atoms with van der Waals surface area (Å²) in [6, 6.07) is 0. The van der Waals surface area contributed by atoms with Gasteiger partial charge in [0.05, 0.1) is 0 Å². The Balaban J connectivity index is 1.38. The minimum atomic E-state index is 1.13. The molecule has 2 rings (SSSR count). The molecule has 0 atom stereocenters. The topological polar surface area (TPSA) is 6.48 Å². The maximum Gasteiger partial charge on any atom is 0.136 e.